The molecule has 1 saturated carbocycles. The van der Waals surface area contributed by atoms with Crippen molar-refractivity contribution in [3.8, 4) is 0 Å². The van der Waals surface area contributed by atoms with E-state index in [0.717, 1.165) is 16.7 Å². The lowest BCUT2D eigenvalue weighted by Gasteiger charge is -2.34. The van der Waals surface area contributed by atoms with Crippen molar-refractivity contribution in [2.75, 3.05) is 31.5 Å². The van der Waals surface area contributed by atoms with Crippen LogP contribution in [0.2, 0.25) is 0 Å². The summed E-state index contributed by atoms with van der Waals surface area (Å²) in [6.45, 7) is 5.72. The first kappa shape index (κ1) is 20.8. The Labute approximate surface area is 182 Å². The molecule has 1 N–H and O–H groups in total. The number of piperazine rings is 1. The van der Waals surface area contributed by atoms with E-state index in [-0.39, 0.29) is 11.9 Å². The first-order valence-corrected chi connectivity index (χ1v) is 11.6. The number of carbonyl (C=O) groups excluding carboxylic acids is 2. The standard InChI is InChI=1S/C23H29N3O3S/c1-16-15-21(17(2)29-16)22(27)25-11-13-26(14-12-25)23(28)24-18-7-9-20(10-8-18)30-19-5-3-4-6-19/h7-10,15,19H,3-6,11-14H2,1-2H3,(H,24,28). The van der Waals surface area contributed by atoms with Crippen LogP contribution in [-0.4, -0.2) is 53.2 Å². The molecular weight excluding hydrogens is 398 g/mol. The number of amides is 3. The van der Waals surface area contributed by atoms with E-state index in [2.05, 4.69) is 17.4 Å². The molecule has 6 nitrogen and oxygen atoms in total. The van der Waals surface area contributed by atoms with E-state index >= 15 is 0 Å². The normalized spacial score (nSPS) is 17.4. The number of furan rings is 1. The molecule has 1 saturated heterocycles. The van der Waals surface area contributed by atoms with Gasteiger partial charge in [-0.15, -0.1) is 11.8 Å². The zero-order chi connectivity index (χ0) is 21.1. The fourth-order valence-corrected chi connectivity index (χ4v) is 5.39. The summed E-state index contributed by atoms with van der Waals surface area (Å²) in [5, 5.41) is 3.72. The average molecular weight is 428 g/mol. The van der Waals surface area contributed by atoms with Gasteiger partial charge in [0.25, 0.3) is 5.91 Å². The highest BCUT2D eigenvalue weighted by Crippen LogP contribution is 2.35. The molecule has 2 aliphatic rings. The predicted octanol–water partition coefficient (Wildman–Crippen LogP) is 4.92. The first-order chi connectivity index (χ1) is 14.5. The largest absolute Gasteiger partial charge is 0.466 e. The van der Waals surface area contributed by atoms with E-state index in [1.165, 1.54) is 30.6 Å². The fraction of sp³-hybridized carbons (Fsp3) is 0.478. The molecule has 4 rings (SSSR count). The molecule has 1 aromatic carbocycles. The maximum absolute atomic E-state index is 12.7. The van der Waals surface area contributed by atoms with E-state index in [4.69, 9.17) is 4.42 Å². The Hall–Kier alpha value is -2.41. The summed E-state index contributed by atoms with van der Waals surface area (Å²) in [5.74, 6) is 1.36. The Morgan fingerprint density at radius 2 is 1.63 bits per heavy atom. The molecule has 2 aromatic rings. The quantitative estimate of drug-likeness (QED) is 0.752. The SMILES string of the molecule is Cc1cc(C(=O)N2CCN(C(=O)Nc3ccc(SC4CCCC4)cc3)CC2)c(C)o1. The van der Waals surface area contributed by atoms with Gasteiger partial charge in [-0.05, 0) is 57.0 Å². The van der Waals surface area contributed by atoms with Gasteiger partial charge in [0.2, 0.25) is 0 Å². The number of hydrogen-bond acceptors (Lipinski definition) is 4. The number of anilines is 1. The Morgan fingerprint density at radius 1 is 1.00 bits per heavy atom. The number of urea groups is 1. The minimum Gasteiger partial charge on any atom is -0.466 e. The number of hydrogen-bond donors (Lipinski definition) is 1. The van der Waals surface area contributed by atoms with Gasteiger partial charge in [-0.2, -0.15) is 0 Å². The van der Waals surface area contributed by atoms with Crippen LogP contribution in [0.3, 0.4) is 0 Å². The minimum atomic E-state index is -0.117. The number of benzene rings is 1. The van der Waals surface area contributed by atoms with Gasteiger partial charge in [-0.1, -0.05) is 12.8 Å². The molecule has 30 heavy (non-hydrogen) atoms. The molecule has 1 aliphatic heterocycles. The summed E-state index contributed by atoms with van der Waals surface area (Å²) in [6.07, 6.45) is 5.28. The minimum absolute atomic E-state index is 0.0280. The zero-order valence-corrected chi connectivity index (χ0v) is 18.5. The second kappa shape index (κ2) is 9.16. The lowest BCUT2D eigenvalue weighted by atomic mass is 10.2. The number of rotatable bonds is 4. The van der Waals surface area contributed by atoms with Crippen LogP contribution in [0.1, 0.15) is 47.6 Å². The third-order valence-corrected chi connectivity index (χ3v) is 7.19. The van der Waals surface area contributed by atoms with Crippen molar-refractivity contribution in [2.45, 2.75) is 49.7 Å². The van der Waals surface area contributed by atoms with Crippen LogP contribution in [0.5, 0.6) is 0 Å². The van der Waals surface area contributed by atoms with Crippen molar-refractivity contribution in [2.24, 2.45) is 0 Å². The van der Waals surface area contributed by atoms with Crippen molar-refractivity contribution in [1.29, 1.82) is 0 Å². The smallest absolute Gasteiger partial charge is 0.321 e. The Kier molecular flexibility index (Phi) is 6.37. The van der Waals surface area contributed by atoms with Gasteiger partial charge in [0.05, 0.1) is 5.56 Å². The second-order valence-corrected chi connectivity index (χ2v) is 9.46. The highest BCUT2D eigenvalue weighted by molar-refractivity contribution is 8.00. The summed E-state index contributed by atoms with van der Waals surface area (Å²) in [6, 6.07) is 9.78. The summed E-state index contributed by atoms with van der Waals surface area (Å²) >= 11 is 1.94. The van der Waals surface area contributed by atoms with Gasteiger partial charge >= 0.3 is 6.03 Å². The molecule has 0 bridgehead atoms. The monoisotopic (exact) mass is 427 g/mol. The second-order valence-electron chi connectivity index (χ2n) is 8.09. The van der Waals surface area contributed by atoms with Crippen molar-refractivity contribution in [3.63, 3.8) is 0 Å². The van der Waals surface area contributed by atoms with Crippen molar-refractivity contribution < 1.29 is 14.0 Å². The third-order valence-electron chi connectivity index (χ3n) is 5.84. The van der Waals surface area contributed by atoms with Crippen molar-refractivity contribution in [3.05, 3.63) is 47.4 Å². The van der Waals surface area contributed by atoms with E-state index in [0.29, 0.717) is 37.5 Å². The molecule has 0 radical (unpaired) electrons. The van der Waals surface area contributed by atoms with E-state index in [1.807, 2.05) is 37.7 Å². The van der Waals surface area contributed by atoms with Crippen LogP contribution in [0.25, 0.3) is 0 Å². The maximum Gasteiger partial charge on any atom is 0.321 e. The van der Waals surface area contributed by atoms with Gasteiger partial charge in [0.1, 0.15) is 11.5 Å². The number of nitrogens with zero attached hydrogens (tertiary/aromatic N) is 2. The van der Waals surface area contributed by atoms with Crippen LogP contribution in [0.15, 0.2) is 39.6 Å². The van der Waals surface area contributed by atoms with Gasteiger partial charge in [0.15, 0.2) is 0 Å². The first-order valence-electron chi connectivity index (χ1n) is 10.7. The number of nitrogens with one attached hydrogen (secondary N) is 1. The number of aryl methyl sites for hydroxylation is 2. The lowest BCUT2D eigenvalue weighted by Crippen LogP contribution is -2.51. The summed E-state index contributed by atoms with van der Waals surface area (Å²) in [4.78, 5) is 30.1. The zero-order valence-electron chi connectivity index (χ0n) is 17.6. The molecule has 7 heteroatoms. The third kappa shape index (κ3) is 4.83. The highest BCUT2D eigenvalue weighted by Gasteiger charge is 2.27. The van der Waals surface area contributed by atoms with Crippen LogP contribution in [0, 0.1) is 13.8 Å². The number of thioether (sulfide) groups is 1. The van der Waals surface area contributed by atoms with Crippen LogP contribution in [-0.2, 0) is 0 Å². The molecule has 2 fully saturated rings. The summed E-state index contributed by atoms with van der Waals surface area (Å²) < 4.78 is 5.47. The molecule has 0 atom stereocenters. The molecule has 0 spiro atoms. The lowest BCUT2D eigenvalue weighted by molar-refractivity contribution is 0.0670. The van der Waals surface area contributed by atoms with Gasteiger partial charge in [-0.3, -0.25) is 4.79 Å². The van der Waals surface area contributed by atoms with E-state index in [1.54, 1.807) is 15.9 Å². The van der Waals surface area contributed by atoms with Gasteiger partial charge in [0, 0.05) is 42.0 Å². The highest BCUT2D eigenvalue weighted by atomic mass is 32.2. The van der Waals surface area contributed by atoms with Gasteiger partial charge < -0.3 is 19.5 Å². The molecule has 0 unspecified atom stereocenters. The molecule has 1 aromatic heterocycles. The average Bonchev–Trinajstić information content (AvgIpc) is 3.38. The van der Waals surface area contributed by atoms with Gasteiger partial charge in [-0.25, -0.2) is 4.79 Å². The van der Waals surface area contributed by atoms with Crippen LogP contribution >= 0.6 is 11.8 Å². The van der Waals surface area contributed by atoms with Crippen LogP contribution < -0.4 is 5.32 Å². The topological polar surface area (TPSA) is 65.8 Å². The maximum atomic E-state index is 12.7. The Morgan fingerprint density at radius 3 is 2.23 bits per heavy atom. The van der Waals surface area contributed by atoms with Crippen molar-refractivity contribution >= 4 is 29.4 Å². The fourth-order valence-electron chi connectivity index (χ4n) is 4.14. The molecule has 2 heterocycles. The Balaban J connectivity index is 1.27. The molecular formula is C23H29N3O3S. The molecule has 3 amide bonds. The van der Waals surface area contributed by atoms with E-state index < -0.39 is 0 Å². The van der Waals surface area contributed by atoms with E-state index in [9.17, 15) is 9.59 Å². The Bertz CT molecular complexity index is 895. The predicted molar refractivity (Wildman–Crippen MR) is 119 cm³/mol. The van der Waals surface area contributed by atoms with Crippen molar-refractivity contribution in [1.82, 2.24) is 9.80 Å². The molecule has 1 aliphatic carbocycles. The molecule has 160 valence electrons. The van der Waals surface area contributed by atoms with Crippen LogP contribution in [0.4, 0.5) is 10.5 Å². The summed E-state index contributed by atoms with van der Waals surface area (Å²) in [7, 11) is 0. The number of carbonyl (C=O) groups is 2. The summed E-state index contributed by atoms with van der Waals surface area (Å²) in [5.41, 5.74) is 1.42.